The van der Waals surface area contributed by atoms with Gasteiger partial charge in [0.15, 0.2) is 5.79 Å². The van der Waals surface area contributed by atoms with E-state index in [1.165, 1.54) is 5.57 Å². The first-order chi connectivity index (χ1) is 7.95. The molecule has 1 fully saturated rings. The first-order valence-corrected chi connectivity index (χ1v) is 7.06. The first-order valence-electron chi connectivity index (χ1n) is 6.52. The third kappa shape index (κ3) is 3.04. The predicted octanol–water partition coefficient (Wildman–Crippen LogP) is 3.88. The molecule has 0 N–H and O–H groups in total. The van der Waals surface area contributed by atoms with E-state index >= 15 is 0 Å². The van der Waals surface area contributed by atoms with Crippen LogP contribution in [-0.2, 0) is 9.47 Å². The molecule has 3 heteroatoms. The van der Waals surface area contributed by atoms with Crippen LogP contribution in [0.2, 0.25) is 0 Å². The molecule has 0 aromatic rings. The zero-order chi connectivity index (χ0) is 12.5. The van der Waals surface area contributed by atoms with Gasteiger partial charge < -0.3 is 9.47 Å². The van der Waals surface area contributed by atoms with Gasteiger partial charge in [-0.05, 0) is 18.3 Å². The minimum atomic E-state index is -0.342. The van der Waals surface area contributed by atoms with Crippen molar-refractivity contribution < 1.29 is 9.47 Å². The summed E-state index contributed by atoms with van der Waals surface area (Å²) in [7, 11) is 0. The Morgan fingerprint density at radius 2 is 2.24 bits per heavy atom. The molecule has 2 atom stereocenters. The monoisotopic (exact) mass is 258 g/mol. The lowest BCUT2D eigenvalue weighted by Crippen LogP contribution is -2.34. The average Bonchev–Trinajstić information content (AvgIpc) is 2.61. The highest BCUT2D eigenvalue weighted by molar-refractivity contribution is 6.17. The maximum Gasteiger partial charge on any atom is 0.172 e. The summed E-state index contributed by atoms with van der Waals surface area (Å²) in [4.78, 5) is 0. The van der Waals surface area contributed by atoms with Gasteiger partial charge in [-0.3, -0.25) is 0 Å². The highest BCUT2D eigenvalue weighted by Gasteiger charge is 2.42. The van der Waals surface area contributed by atoms with Crippen molar-refractivity contribution in [3.8, 4) is 0 Å². The minimum absolute atomic E-state index is 0.192. The quantitative estimate of drug-likeness (QED) is 0.553. The number of alkyl halides is 1. The topological polar surface area (TPSA) is 18.5 Å². The minimum Gasteiger partial charge on any atom is -0.347 e. The molecule has 98 valence electrons. The summed E-state index contributed by atoms with van der Waals surface area (Å²) in [6.07, 6.45) is 6.34. The average molecular weight is 259 g/mol. The fourth-order valence-electron chi connectivity index (χ4n) is 2.61. The Hall–Kier alpha value is -0.0500. The molecule has 1 saturated heterocycles. The molecule has 2 rings (SSSR count). The number of hydrogen-bond acceptors (Lipinski definition) is 2. The second-order valence-corrected chi connectivity index (χ2v) is 6.50. The fourth-order valence-corrected chi connectivity index (χ4v) is 2.85. The lowest BCUT2D eigenvalue weighted by Gasteiger charge is -2.35. The zero-order valence-electron chi connectivity index (χ0n) is 11.1. The molecule has 17 heavy (non-hydrogen) atoms. The van der Waals surface area contributed by atoms with Gasteiger partial charge in [0.05, 0.1) is 12.7 Å². The van der Waals surface area contributed by atoms with Crippen LogP contribution in [0, 0.1) is 5.41 Å². The molecule has 1 heterocycles. The summed E-state index contributed by atoms with van der Waals surface area (Å²) in [6, 6.07) is 0. The van der Waals surface area contributed by atoms with E-state index in [0.717, 1.165) is 25.7 Å². The molecule has 1 spiro atoms. The van der Waals surface area contributed by atoms with E-state index in [9.17, 15) is 0 Å². The van der Waals surface area contributed by atoms with Crippen molar-refractivity contribution in [3.05, 3.63) is 11.6 Å². The summed E-state index contributed by atoms with van der Waals surface area (Å²) in [5.74, 6) is 0.304. The molecular formula is C14H23ClO2. The van der Waals surface area contributed by atoms with E-state index in [1.807, 2.05) is 0 Å². The van der Waals surface area contributed by atoms with Gasteiger partial charge >= 0.3 is 0 Å². The SMILES string of the molecule is CC(C)(C)C1=CCC2(CC1)OCC(CCCl)O2. The van der Waals surface area contributed by atoms with Crippen LogP contribution in [0.5, 0.6) is 0 Å². The van der Waals surface area contributed by atoms with Crippen LogP contribution in [0.25, 0.3) is 0 Å². The van der Waals surface area contributed by atoms with Gasteiger partial charge in [0.2, 0.25) is 0 Å². The molecule has 0 saturated carbocycles. The molecule has 1 aliphatic carbocycles. The Kier molecular flexibility index (Phi) is 3.86. The Bertz CT molecular complexity index is 306. The van der Waals surface area contributed by atoms with E-state index in [4.69, 9.17) is 21.1 Å². The van der Waals surface area contributed by atoms with Crippen LogP contribution < -0.4 is 0 Å². The van der Waals surface area contributed by atoms with Crippen LogP contribution in [0.1, 0.15) is 46.5 Å². The van der Waals surface area contributed by atoms with Gasteiger partial charge in [-0.15, -0.1) is 11.6 Å². The van der Waals surface area contributed by atoms with Gasteiger partial charge in [0, 0.05) is 18.7 Å². The number of hydrogen-bond donors (Lipinski definition) is 0. The van der Waals surface area contributed by atoms with E-state index in [-0.39, 0.29) is 17.3 Å². The first kappa shape index (κ1) is 13.4. The Morgan fingerprint density at radius 3 is 2.76 bits per heavy atom. The predicted molar refractivity (Wildman–Crippen MR) is 70.3 cm³/mol. The molecule has 0 aromatic heterocycles. The Morgan fingerprint density at radius 1 is 1.47 bits per heavy atom. The third-order valence-corrected chi connectivity index (χ3v) is 3.96. The summed E-state index contributed by atoms with van der Waals surface area (Å²) in [6.45, 7) is 7.50. The normalized spacial score (nSPS) is 34.1. The molecule has 0 radical (unpaired) electrons. The second kappa shape index (κ2) is 4.91. The van der Waals surface area contributed by atoms with Crippen molar-refractivity contribution in [2.24, 2.45) is 5.41 Å². The Balaban J connectivity index is 1.97. The van der Waals surface area contributed by atoms with E-state index in [0.29, 0.717) is 12.5 Å². The molecule has 0 aromatic carbocycles. The van der Waals surface area contributed by atoms with Gasteiger partial charge in [0.25, 0.3) is 0 Å². The molecule has 2 nitrogen and oxygen atoms in total. The van der Waals surface area contributed by atoms with Crippen molar-refractivity contribution in [3.63, 3.8) is 0 Å². The molecule has 0 bridgehead atoms. The smallest absolute Gasteiger partial charge is 0.172 e. The zero-order valence-corrected chi connectivity index (χ0v) is 11.8. The fraction of sp³-hybridized carbons (Fsp3) is 0.857. The van der Waals surface area contributed by atoms with Crippen molar-refractivity contribution in [2.45, 2.75) is 58.3 Å². The number of halogens is 1. The standard InChI is InChI=1S/C14H23ClO2/c1-13(2,3)11-4-7-14(8-5-11)16-10-12(17-14)6-9-15/h4,12H,5-10H2,1-3H3. The van der Waals surface area contributed by atoms with Crippen molar-refractivity contribution >= 4 is 11.6 Å². The highest BCUT2D eigenvalue weighted by atomic mass is 35.5. The van der Waals surface area contributed by atoms with Crippen molar-refractivity contribution in [1.29, 1.82) is 0 Å². The summed E-state index contributed by atoms with van der Waals surface area (Å²) >= 11 is 5.74. The summed E-state index contributed by atoms with van der Waals surface area (Å²) < 4.78 is 11.9. The maximum absolute atomic E-state index is 6.04. The van der Waals surface area contributed by atoms with E-state index in [2.05, 4.69) is 26.8 Å². The third-order valence-electron chi connectivity index (χ3n) is 3.74. The van der Waals surface area contributed by atoms with E-state index in [1.54, 1.807) is 0 Å². The van der Waals surface area contributed by atoms with E-state index < -0.39 is 0 Å². The summed E-state index contributed by atoms with van der Waals surface area (Å²) in [5, 5.41) is 0. The van der Waals surface area contributed by atoms with Gasteiger partial charge in [-0.2, -0.15) is 0 Å². The molecule has 2 unspecified atom stereocenters. The number of rotatable bonds is 2. The number of ether oxygens (including phenoxy) is 2. The van der Waals surface area contributed by atoms with Gasteiger partial charge in [0.1, 0.15) is 0 Å². The van der Waals surface area contributed by atoms with Crippen LogP contribution in [0.4, 0.5) is 0 Å². The van der Waals surface area contributed by atoms with Crippen LogP contribution >= 0.6 is 11.6 Å². The molecular weight excluding hydrogens is 236 g/mol. The maximum atomic E-state index is 6.04. The summed E-state index contributed by atoms with van der Waals surface area (Å²) in [5.41, 5.74) is 1.80. The molecule has 0 amide bonds. The lowest BCUT2D eigenvalue weighted by molar-refractivity contribution is -0.173. The number of allylic oxidation sites excluding steroid dienone is 1. The van der Waals surface area contributed by atoms with Crippen molar-refractivity contribution in [2.75, 3.05) is 12.5 Å². The largest absolute Gasteiger partial charge is 0.347 e. The molecule has 2 aliphatic rings. The van der Waals surface area contributed by atoms with Gasteiger partial charge in [-0.25, -0.2) is 0 Å². The second-order valence-electron chi connectivity index (χ2n) is 6.12. The van der Waals surface area contributed by atoms with Gasteiger partial charge in [-0.1, -0.05) is 32.4 Å². The lowest BCUT2D eigenvalue weighted by atomic mass is 9.79. The van der Waals surface area contributed by atoms with Crippen molar-refractivity contribution in [1.82, 2.24) is 0 Å². The van der Waals surface area contributed by atoms with Crippen LogP contribution in [-0.4, -0.2) is 24.4 Å². The highest BCUT2D eigenvalue weighted by Crippen LogP contribution is 2.42. The molecule has 1 aliphatic heterocycles. The Labute approximate surface area is 109 Å². The van der Waals surface area contributed by atoms with Crippen LogP contribution in [0.15, 0.2) is 11.6 Å². The van der Waals surface area contributed by atoms with Crippen LogP contribution in [0.3, 0.4) is 0 Å².